The summed E-state index contributed by atoms with van der Waals surface area (Å²) < 4.78 is 205. The van der Waals surface area contributed by atoms with E-state index in [2.05, 4.69) is 0 Å². The van der Waals surface area contributed by atoms with Gasteiger partial charge in [0.15, 0.2) is 0 Å². The minimum atomic E-state index is -0.764. The van der Waals surface area contributed by atoms with Gasteiger partial charge in [-0.25, -0.2) is 4.98 Å². The standard InChI is InChI=1S/C51H34N2/c1-4-16-35(17-5-1)39-32-40(36-18-6-2-7-19-36)34-41(33-39)50-45-24-12-10-22-43(45)49(44-23-11-13-25-46(44)50)37-28-30-38(31-29-37)51-52-47-26-14-15-27-48(47)53(51)42-20-8-3-9-21-42/h1-34H/i1D,2D,3D,4D,5D,6D,7D,8D,9D,10D,11D,12D,13D,16D,17D,18D,19D,20D,21D,22D,23D,24D,25D. The van der Waals surface area contributed by atoms with Crippen molar-refractivity contribution < 1.29 is 31.5 Å². The zero-order chi connectivity index (χ0) is 55.2. The summed E-state index contributed by atoms with van der Waals surface area (Å²) in [6, 6.07) is 0.913. The quantitative estimate of drug-likeness (QED) is 0.158. The Morgan fingerprint density at radius 1 is 0.377 bits per heavy atom. The molecule has 0 amide bonds. The molecule has 53 heavy (non-hydrogen) atoms. The van der Waals surface area contributed by atoms with E-state index in [4.69, 9.17) is 31.0 Å². The first-order valence-corrected chi connectivity index (χ1v) is 16.2. The molecule has 1 aromatic heterocycles. The molecule has 2 heteroatoms. The average Bonchev–Trinajstić information content (AvgIpc) is 3.80. The molecule has 0 aliphatic heterocycles. The van der Waals surface area contributed by atoms with Crippen LogP contribution < -0.4 is 0 Å². The van der Waals surface area contributed by atoms with Crippen LogP contribution >= 0.6 is 0 Å². The highest BCUT2D eigenvalue weighted by Crippen LogP contribution is 2.45. The number of imidazole rings is 1. The summed E-state index contributed by atoms with van der Waals surface area (Å²) in [5.41, 5.74) is -0.625. The summed E-state index contributed by atoms with van der Waals surface area (Å²) in [5, 5.41) is -1.13. The van der Waals surface area contributed by atoms with Gasteiger partial charge in [0.25, 0.3) is 0 Å². The van der Waals surface area contributed by atoms with E-state index in [1.165, 1.54) is 34.9 Å². The van der Waals surface area contributed by atoms with Crippen molar-refractivity contribution in [1.29, 1.82) is 0 Å². The zero-order valence-electron chi connectivity index (χ0n) is 50.2. The Kier molecular flexibility index (Phi) is 3.73. The molecule has 0 radical (unpaired) electrons. The molecule has 0 aliphatic carbocycles. The number of nitrogens with zero attached hydrogens (tertiary/aromatic N) is 2. The van der Waals surface area contributed by atoms with E-state index in [0.29, 0.717) is 16.6 Å². The van der Waals surface area contributed by atoms with Crippen molar-refractivity contribution in [2.75, 3.05) is 0 Å². The number of benzene rings is 9. The first kappa shape index (κ1) is 15.3. The number of aromatic nitrogens is 2. The number of hydrogen-bond donors (Lipinski definition) is 0. The van der Waals surface area contributed by atoms with Crippen LogP contribution in [0.15, 0.2) is 206 Å². The number of para-hydroxylation sites is 3. The van der Waals surface area contributed by atoms with Crippen LogP contribution in [-0.4, -0.2) is 9.55 Å². The van der Waals surface area contributed by atoms with Gasteiger partial charge in [-0.2, -0.15) is 0 Å². The van der Waals surface area contributed by atoms with E-state index < -0.39 is 150 Å². The van der Waals surface area contributed by atoms with E-state index in [1.54, 1.807) is 36.4 Å². The highest BCUT2D eigenvalue weighted by molar-refractivity contribution is 6.21. The molecular formula is C51H34N2. The van der Waals surface area contributed by atoms with Gasteiger partial charge in [0.1, 0.15) is 5.82 Å². The Hall–Kier alpha value is -7.03. The number of fused-ring (bicyclic) bond motifs is 3. The van der Waals surface area contributed by atoms with Crippen LogP contribution in [0.1, 0.15) is 31.5 Å². The van der Waals surface area contributed by atoms with Crippen molar-refractivity contribution in [3.63, 3.8) is 0 Å². The van der Waals surface area contributed by atoms with Gasteiger partial charge in [-0.15, -0.1) is 0 Å². The third kappa shape index (κ3) is 5.40. The SMILES string of the molecule is [2H]c1c([2H])c([2H])c(-c2cc(-c3c([2H])c([2H])c([2H])c([2H])c3[2H])cc(-c3c4c([2H])c([2H])c([2H])c([2H])c4c(-c4ccc(-c5nc6ccccc6n5-c5c([2H])c([2H])c([2H])c([2H])c5[2H])cc4)c4c([2H])c([2H])c([2H])c([2H])c34)c2)c([2H])c1[2H]. The lowest BCUT2D eigenvalue weighted by Crippen LogP contribution is -1.97. The molecule has 0 N–H and O–H groups in total. The van der Waals surface area contributed by atoms with Gasteiger partial charge in [-0.05, 0) is 108 Å². The lowest BCUT2D eigenvalue weighted by molar-refractivity contribution is 1.10. The van der Waals surface area contributed by atoms with Crippen LogP contribution in [0.25, 0.3) is 94.2 Å². The predicted octanol–water partition coefficient (Wildman–Crippen LogP) is 13.7. The molecule has 0 aliphatic rings. The molecule has 10 aromatic rings. The van der Waals surface area contributed by atoms with Crippen molar-refractivity contribution in [3.8, 4) is 61.6 Å². The second-order valence-corrected chi connectivity index (χ2v) is 11.9. The summed E-state index contributed by atoms with van der Waals surface area (Å²) in [7, 11) is 0. The maximum absolute atomic E-state index is 9.56. The van der Waals surface area contributed by atoms with Crippen LogP contribution in [0, 0.1) is 0 Å². The fraction of sp³-hybridized carbons (Fsp3) is 0. The van der Waals surface area contributed by atoms with E-state index in [9.17, 15) is 5.48 Å². The molecule has 10 rings (SSSR count). The zero-order valence-corrected chi connectivity index (χ0v) is 27.2. The molecule has 0 saturated carbocycles. The van der Waals surface area contributed by atoms with Gasteiger partial charge >= 0.3 is 0 Å². The Labute approximate surface area is 341 Å². The normalized spacial score (nSPS) is 17.5. The molecule has 0 unspecified atom stereocenters. The van der Waals surface area contributed by atoms with Crippen LogP contribution in [0.4, 0.5) is 0 Å². The van der Waals surface area contributed by atoms with Crippen molar-refractivity contribution in [2.24, 2.45) is 0 Å². The second kappa shape index (κ2) is 12.9. The van der Waals surface area contributed by atoms with Gasteiger partial charge < -0.3 is 0 Å². The monoisotopic (exact) mass is 697 g/mol. The lowest BCUT2D eigenvalue weighted by atomic mass is 9.84. The van der Waals surface area contributed by atoms with Crippen molar-refractivity contribution in [2.45, 2.75) is 0 Å². The predicted molar refractivity (Wildman–Crippen MR) is 223 cm³/mol. The largest absolute Gasteiger partial charge is 0.292 e. The Bertz CT molecular complexity index is 4010. The topological polar surface area (TPSA) is 17.8 Å². The van der Waals surface area contributed by atoms with Gasteiger partial charge in [0.2, 0.25) is 0 Å². The molecule has 0 atom stereocenters. The van der Waals surface area contributed by atoms with E-state index in [0.717, 1.165) is 0 Å². The van der Waals surface area contributed by atoms with E-state index in [1.807, 2.05) is 0 Å². The summed E-state index contributed by atoms with van der Waals surface area (Å²) in [6.45, 7) is 0. The molecule has 0 spiro atoms. The van der Waals surface area contributed by atoms with Crippen molar-refractivity contribution in [1.82, 2.24) is 9.55 Å². The van der Waals surface area contributed by atoms with Crippen LogP contribution in [0.2, 0.25) is 0 Å². The molecule has 2 nitrogen and oxygen atoms in total. The van der Waals surface area contributed by atoms with Gasteiger partial charge in [-0.1, -0.05) is 163 Å². The Morgan fingerprint density at radius 3 is 1.36 bits per heavy atom. The summed E-state index contributed by atoms with van der Waals surface area (Å²) in [6.07, 6.45) is 0. The molecule has 0 fully saturated rings. The lowest BCUT2D eigenvalue weighted by Gasteiger charge is -2.19. The second-order valence-electron chi connectivity index (χ2n) is 11.9. The summed E-state index contributed by atoms with van der Waals surface area (Å²) in [4.78, 5) is 4.79. The molecule has 0 saturated heterocycles. The minimum Gasteiger partial charge on any atom is -0.292 e. The molecular weight excluding hydrogens is 641 g/mol. The molecule has 9 aromatic carbocycles. The van der Waals surface area contributed by atoms with Crippen LogP contribution in [-0.2, 0) is 0 Å². The fourth-order valence-corrected chi connectivity index (χ4v) is 6.64. The van der Waals surface area contributed by atoms with Crippen molar-refractivity contribution in [3.05, 3.63) is 206 Å². The summed E-state index contributed by atoms with van der Waals surface area (Å²) >= 11 is 0. The third-order valence-corrected chi connectivity index (χ3v) is 8.88. The molecule has 248 valence electrons. The number of rotatable bonds is 6. The summed E-state index contributed by atoms with van der Waals surface area (Å²) in [5.74, 6) is 0.133. The molecule has 0 bridgehead atoms. The minimum absolute atomic E-state index is 0.0916. The first-order chi connectivity index (χ1) is 35.8. The van der Waals surface area contributed by atoms with Gasteiger partial charge in [0.05, 0.1) is 42.6 Å². The van der Waals surface area contributed by atoms with Crippen LogP contribution in [0.3, 0.4) is 0 Å². The first-order valence-electron chi connectivity index (χ1n) is 27.7. The Morgan fingerprint density at radius 2 is 0.811 bits per heavy atom. The smallest absolute Gasteiger partial charge is 0.145 e. The van der Waals surface area contributed by atoms with Crippen molar-refractivity contribution >= 4 is 32.6 Å². The fourth-order valence-electron chi connectivity index (χ4n) is 6.64. The van der Waals surface area contributed by atoms with E-state index >= 15 is 0 Å². The molecule has 1 heterocycles. The highest BCUT2D eigenvalue weighted by Gasteiger charge is 2.19. The highest BCUT2D eigenvalue weighted by atomic mass is 15.1. The maximum atomic E-state index is 9.56. The average molecular weight is 698 g/mol. The maximum Gasteiger partial charge on any atom is 0.145 e. The van der Waals surface area contributed by atoms with Gasteiger partial charge in [0, 0.05) is 11.3 Å². The van der Waals surface area contributed by atoms with Crippen LogP contribution in [0.5, 0.6) is 0 Å². The number of hydrogen-bond acceptors (Lipinski definition) is 1. The Balaban J connectivity index is 1.35. The van der Waals surface area contributed by atoms with Gasteiger partial charge in [-0.3, -0.25) is 4.57 Å². The third-order valence-electron chi connectivity index (χ3n) is 8.88. The van der Waals surface area contributed by atoms with E-state index in [-0.39, 0.29) is 66.4 Å².